The number of nitrogens with one attached hydrogen (secondary N) is 1. The minimum absolute atomic E-state index is 0.0331. The van der Waals surface area contributed by atoms with E-state index in [2.05, 4.69) is 14.9 Å². The van der Waals surface area contributed by atoms with Crippen molar-refractivity contribution in [3.8, 4) is 0 Å². The molecule has 0 unspecified atom stereocenters. The van der Waals surface area contributed by atoms with Crippen molar-refractivity contribution < 1.29 is 12.9 Å². The molecule has 2 rings (SSSR count). The van der Waals surface area contributed by atoms with E-state index in [1.807, 2.05) is 0 Å². The molecule has 0 fully saturated rings. The average molecular weight is 254 g/mol. The minimum atomic E-state index is -3.80. The minimum Gasteiger partial charge on any atom is -0.398 e. The molecular formula is C9H10N4O3S. The Hall–Kier alpha value is -2.09. The highest BCUT2D eigenvalue weighted by molar-refractivity contribution is 7.92. The Balaban J connectivity index is 2.35. The predicted octanol–water partition coefficient (Wildman–Crippen LogP) is 0.761. The molecule has 3 N–H and O–H groups in total. The lowest BCUT2D eigenvalue weighted by Gasteiger charge is -2.06. The summed E-state index contributed by atoms with van der Waals surface area (Å²) in [6, 6.07) is 2.87. The Labute approximate surface area is 97.7 Å². The molecule has 2 aromatic heterocycles. The molecule has 0 bridgehead atoms. The molecule has 0 aromatic carbocycles. The predicted molar refractivity (Wildman–Crippen MR) is 60.7 cm³/mol. The van der Waals surface area contributed by atoms with E-state index in [1.54, 1.807) is 6.92 Å². The number of sulfonamides is 1. The first-order valence-electron chi connectivity index (χ1n) is 4.64. The third-order valence-corrected chi connectivity index (χ3v) is 3.36. The highest BCUT2D eigenvalue weighted by Crippen LogP contribution is 2.20. The summed E-state index contributed by atoms with van der Waals surface area (Å²) >= 11 is 0. The lowest BCUT2D eigenvalue weighted by atomic mass is 10.4. The van der Waals surface area contributed by atoms with Crippen LogP contribution >= 0.6 is 0 Å². The number of hydrogen-bond acceptors (Lipinski definition) is 6. The molecule has 2 aromatic rings. The molecule has 0 amide bonds. The van der Waals surface area contributed by atoms with Gasteiger partial charge < -0.3 is 10.3 Å². The van der Waals surface area contributed by atoms with Gasteiger partial charge in [0.05, 0.1) is 11.4 Å². The van der Waals surface area contributed by atoms with E-state index in [1.165, 1.54) is 24.5 Å². The molecule has 90 valence electrons. The Bertz CT molecular complexity index is 635. The number of rotatable bonds is 3. The molecule has 0 saturated heterocycles. The zero-order valence-corrected chi connectivity index (χ0v) is 9.73. The molecule has 0 atom stereocenters. The monoisotopic (exact) mass is 254 g/mol. The summed E-state index contributed by atoms with van der Waals surface area (Å²) < 4.78 is 30.8. The number of nitrogen functional groups attached to an aromatic ring is 1. The molecule has 0 spiro atoms. The number of hydrogen-bond donors (Lipinski definition) is 2. The first kappa shape index (κ1) is 11.4. The van der Waals surface area contributed by atoms with Gasteiger partial charge in [-0.15, -0.1) is 0 Å². The number of nitrogens with two attached hydrogens (primary N) is 1. The summed E-state index contributed by atoms with van der Waals surface area (Å²) in [6.45, 7) is 1.68. The van der Waals surface area contributed by atoms with Crippen molar-refractivity contribution in [1.82, 2.24) is 10.1 Å². The zero-order valence-electron chi connectivity index (χ0n) is 8.91. The van der Waals surface area contributed by atoms with Crippen molar-refractivity contribution in [3.63, 3.8) is 0 Å². The van der Waals surface area contributed by atoms with E-state index in [0.29, 0.717) is 5.69 Å². The molecule has 8 heteroatoms. The molecular weight excluding hydrogens is 244 g/mol. The Morgan fingerprint density at radius 3 is 2.82 bits per heavy atom. The molecule has 0 aliphatic carbocycles. The van der Waals surface area contributed by atoms with Gasteiger partial charge in [-0.2, -0.15) is 0 Å². The topological polar surface area (TPSA) is 111 Å². The van der Waals surface area contributed by atoms with Gasteiger partial charge in [-0.1, -0.05) is 5.16 Å². The number of nitrogens with zero attached hydrogens (tertiary/aromatic N) is 2. The third-order valence-electron chi connectivity index (χ3n) is 1.97. The maximum Gasteiger partial charge on any atom is 0.267 e. The smallest absolute Gasteiger partial charge is 0.267 e. The lowest BCUT2D eigenvalue weighted by Crippen LogP contribution is -2.14. The van der Waals surface area contributed by atoms with Crippen molar-refractivity contribution in [1.29, 1.82) is 0 Å². The summed E-state index contributed by atoms with van der Waals surface area (Å²) in [7, 11) is -3.80. The van der Waals surface area contributed by atoms with Crippen LogP contribution in [0.5, 0.6) is 0 Å². The highest BCUT2D eigenvalue weighted by Gasteiger charge is 2.19. The summed E-state index contributed by atoms with van der Waals surface area (Å²) in [5, 5.41) is 3.57. The quantitative estimate of drug-likeness (QED) is 0.836. The molecule has 0 aliphatic rings. The standard InChI is InChI=1S/C9H10N4O3S/c1-6-4-9(16-12-6)13-17(14,15)8-5-11-3-2-7(8)10/h2-5,13H,1H3,(H2,10,11). The number of anilines is 2. The van der Waals surface area contributed by atoms with Crippen LogP contribution in [-0.4, -0.2) is 18.6 Å². The van der Waals surface area contributed by atoms with Gasteiger partial charge in [0.1, 0.15) is 4.90 Å². The zero-order chi connectivity index (χ0) is 12.5. The normalized spacial score (nSPS) is 11.4. The van der Waals surface area contributed by atoms with E-state index in [0.717, 1.165) is 0 Å². The van der Waals surface area contributed by atoms with Crippen molar-refractivity contribution in [2.24, 2.45) is 0 Å². The van der Waals surface area contributed by atoms with Crippen LogP contribution in [0.1, 0.15) is 5.69 Å². The lowest BCUT2D eigenvalue weighted by molar-refractivity contribution is 0.430. The summed E-state index contributed by atoms with van der Waals surface area (Å²) in [5.74, 6) is 0.0331. The Kier molecular flexibility index (Phi) is 2.72. The van der Waals surface area contributed by atoms with E-state index < -0.39 is 10.0 Å². The number of aryl methyl sites for hydroxylation is 1. The van der Waals surface area contributed by atoms with E-state index in [-0.39, 0.29) is 16.5 Å². The largest absolute Gasteiger partial charge is 0.398 e. The molecule has 17 heavy (non-hydrogen) atoms. The van der Waals surface area contributed by atoms with Crippen LogP contribution in [-0.2, 0) is 10.0 Å². The van der Waals surface area contributed by atoms with Gasteiger partial charge >= 0.3 is 0 Å². The fraction of sp³-hybridized carbons (Fsp3) is 0.111. The third kappa shape index (κ3) is 2.36. The SMILES string of the molecule is Cc1cc(NS(=O)(=O)c2cnccc2N)on1. The van der Waals surface area contributed by atoms with Crippen molar-refractivity contribution in [2.75, 3.05) is 10.5 Å². The molecule has 7 nitrogen and oxygen atoms in total. The van der Waals surface area contributed by atoms with E-state index >= 15 is 0 Å². The van der Waals surface area contributed by atoms with Gasteiger partial charge in [0, 0.05) is 18.5 Å². The maximum absolute atomic E-state index is 11.9. The van der Waals surface area contributed by atoms with Gasteiger partial charge in [-0.05, 0) is 13.0 Å². The molecule has 0 radical (unpaired) electrons. The Morgan fingerprint density at radius 2 is 2.24 bits per heavy atom. The summed E-state index contributed by atoms with van der Waals surface area (Å²) in [5.41, 5.74) is 6.25. The first-order valence-corrected chi connectivity index (χ1v) is 6.13. The first-order chi connectivity index (χ1) is 7.99. The number of pyridine rings is 1. The second-order valence-corrected chi connectivity index (χ2v) is 5.00. The van der Waals surface area contributed by atoms with Gasteiger partial charge in [0.15, 0.2) is 0 Å². The van der Waals surface area contributed by atoms with Gasteiger partial charge in [-0.25, -0.2) is 13.1 Å². The van der Waals surface area contributed by atoms with Gasteiger partial charge in [-0.3, -0.25) is 4.98 Å². The maximum atomic E-state index is 11.9. The van der Waals surface area contributed by atoms with Crippen LogP contribution in [0.15, 0.2) is 33.9 Å². The van der Waals surface area contributed by atoms with E-state index in [4.69, 9.17) is 10.3 Å². The Morgan fingerprint density at radius 1 is 1.47 bits per heavy atom. The average Bonchev–Trinajstić information content (AvgIpc) is 2.63. The van der Waals surface area contributed by atoms with E-state index in [9.17, 15) is 8.42 Å². The van der Waals surface area contributed by atoms with Gasteiger partial charge in [0.2, 0.25) is 5.88 Å². The van der Waals surface area contributed by atoms with Crippen LogP contribution in [0, 0.1) is 6.92 Å². The fourth-order valence-corrected chi connectivity index (χ4v) is 2.26. The van der Waals surface area contributed by atoms with Crippen molar-refractivity contribution >= 4 is 21.6 Å². The fourth-order valence-electron chi connectivity index (χ4n) is 1.21. The van der Waals surface area contributed by atoms with Crippen LogP contribution < -0.4 is 10.5 Å². The van der Waals surface area contributed by atoms with Crippen LogP contribution in [0.3, 0.4) is 0 Å². The van der Waals surface area contributed by atoms with Crippen molar-refractivity contribution in [3.05, 3.63) is 30.2 Å². The van der Waals surface area contributed by atoms with Crippen LogP contribution in [0.4, 0.5) is 11.6 Å². The summed E-state index contributed by atoms with van der Waals surface area (Å²) in [4.78, 5) is 3.61. The molecule has 0 aliphatic heterocycles. The van der Waals surface area contributed by atoms with Crippen LogP contribution in [0.2, 0.25) is 0 Å². The second-order valence-electron chi connectivity index (χ2n) is 3.35. The summed E-state index contributed by atoms with van der Waals surface area (Å²) in [6.07, 6.45) is 2.58. The number of aromatic nitrogens is 2. The highest BCUT2D eigenvalue weighted by atomic mass is 32.2. The van der Waals surface area contributed by atoms with Gasteiger partial charge in [0.25, 0.3) is 10.0 Å². The van der Waals surface area contributed by atoms with Crippen molar-refractivity contribution in [2.45, 2.75) is 11.8 Å². The van der Waals surface area contributed by atoms with Crippen LogP contribution in [0.25, 0.3) is 0 Å². The molecule has 0 saturated carbocycles. The molecule has 2 heterocycles. The second kappa shape index (κ2) is 4.06.